The Kier molecular flexibility index (Phi) is 7.15. The molecule has 0 radical (unpaired) electrons. The van der Waals surface area contributed by atoms with Crippen molar-refractivity contribution in [3.63, 3.8) is 0 Å². The molecule has 8 heteroatoms. The van der Waals surface area contributed by atoms with Crippen LogP contribution in [0, 0.1) is 28.6 Å². The number of nitrogens with one attached hydrogen (secondary N) is 1. The Labute approximate surface area is 202 Å². The van der Waals surface area contributed by atoms with Gasteiger partial charge in [-0.3, -0.25) is 4.79 Å². The second-order valence-corrected chi connectivity index (χ2v) is 7.77. The minimum absolute atomic E-state index is 0.0430. The van der Waals surface area contributed by atoms with Crippen LogP contribution in [0.3, 0.4) is 0 Å². The van der Waals surface area contributed by atoms with E-state index in [1.54, 1.807) is 48.5 Å². The van der Waals surface area contributed by atoms with E-state index in [9.17, 15) is 9.59 Å². The summed E-state index contributed by atoms with van der Waals surface area (Å²) in [7, 11) is 0. The van der Waals surface area contributed by atoms with Gasteiger partial charge >= 0.3 is 12.0 Å². The standard InChI is InChI=1S/C27H20N4O4/c28-14-18-6-4-8-20(12-18)16-35-26(32)24-23(17-34-22-11-5-7-19(13-22)15-29)30-27(33)31-25(24)21-9-2-1-3-10-21/h1-13,24-25H,16-17H2,(H,31,33). The van der Waals surface area contributed by atoms with Crippen LogP contribution >= 0.6 is 0 Å². The number of nitriles is 2. The number of carbonyl (C=O) groups excluding carboxylic acids is 2. The summed E-state index contributed by atoms with van der Waals surface area (Å²) in [4.78, 5) is 29.8. The molecule has 0 saturated heterocycles. The quantitative estimate of drug-likeness (QED) is 0.526. The second kappa shape index (κ2) is 10.8. The average Bonchev–Trinajstić information content (AvgIpc) is 2.91. The SMILES string of the molecule is N#Cc1cccc(COC(=O)C2C(COc3cccc(C#N)c3)=NC(=O)NC2c2ccccc2)c1. The monoisotopic (exact) mass is 464 g/mol. The molecule has 2 amide bonds. The van der Waals surface area contributed by atoms with E-state index in [-0.39, 0.29) is 18.9 Å². The minimum atomic E-state index is -0.937. The predicted molar refractivity (Wildman–Crippen MR) is 126 cm³/mol. The van der Waals surface area contributed by atoms with E-state index < -0.39 is 24.0 Å². The van der Waals surface area contributed by atoms with Crippen molar-refractivity contribution >= 4 is 17.7 Å². The molecule has 35 heavy (non-hydrogen) atoms. The average molecular weight is 464 g/mol. The number of rotatable bonds is 7. The highest BCUT2D eigenvalue weighted by Gasteiger charge is 2.40. The number of urea groups is 1. The number of nitrogens with zero attached hydrogens (tertiary/aromatic N) is 3. The summed E-state index contributed by atoms with van der Waals surface area (Å²) >= 11 is 0. The van der Waals surface area contributed by atoms with Crippen LogP contribution in [-0.2, 0) is 16.1 Å². The van der Waals surface area contributed by atoms with Gasteiger partial charge in [0.1, 0.15) is 24.9 Å². The number of amides is 2. The van der Waals surface area contributed by atoms with Crippen molar-refractivity contribution in [1.29, 1.82) is 10.5 Å². The Balaban J connectivity index is 1.59. The summed E-state index contributed by atoms with van der Waals surface area (Å²) in [6, 6.07) is 25.2. The van der Waals surface area contributed by atoms with Crippen molar-refractivity contribution in [3.05, 3.63) is 101 Å². The van der Waals surface area contributed by atoms with Crippen molar-refractivity contribution in [3.8, 4) is 17.9 Å². The Hall–Kier alpha value is -4.95. The van der Waals surface area contributed by atoms with E-state index in [1.807, 2.05) is 36.4 Å². The lowest BCUT2D eigenvalue weighted by Crippen LogP contribution is -2.46. The lowest BCUT2D eigenvalue weighted by Gasteiger charge is -2.31. The second-order valence-electron chi connectivity index (χ2n) is 7.77. The zero-order valence-electron chi connectivity index (χ0n) is 18.5. The number of esters is 1. The van der Waals surface area contributed by atoms with Crippen LogP contribution in [0.2, 0.25) is 0 Å². The van der Waals surface area contributed by atoms with E-state index >= 15 is 0 Å². The zero-order chi connectivity index (χ0) is 24.6. The summed E-state index contributed by atoms with van der Waals surface area (Å²) in [5.74, 6) is -1.11. The first-order valence-corrected chi connectivity index (χ1v) is 10.8. The van der Waals surface area contributed by atoms with Crippen molar-refractivity contribution in [2.24, 2.45) is 10.9 Å². The van der Waals surface area contributed by atoms with Gasteiger partial charge in [-0.15, -0.1) is 0 Å². The Bertz CT molecular complexity index is 1360. The number of hydrogen-bond acceptors (Lipinski definition) is 6. The maximum Gasteiger partial charge on any atom is 0.341 e. The molecule has 0 fully saturated rings. The van der Waals surface area contributed by atoms with E-state index in [1.165, 1.54) is 0 Å². The van der Waals surface area contributed by atoms with Gasteiger partial charge in [0.25, 0.3) is 0 Å². The highest BCUT2D eigenvalue weighted by atomic mass is 16.5. The van der Waals surface area contributed by atoms with Gasteiger partial charge in [0, 0.05) is 0 Å². The third-order valence-electron chi connectivity index (χ3n) is 5.42. The smallest absolute Gasteiger partial charge is 0.341 e. The van der Waals surface area contributed by atoms with Crippen molar-refractivity contribution in [2.45, 2.75) is 12.6 Å². The van der Waals surface area contributed by atoms with Gasteiger partial charge in [0.05, 0.1) is 35.0 Å². The lowest BCUT2D eigenvalue weighted by molar-refractivity contribution is -0.148. The van der Waals surface area contributed by atoms with Gasteiger partial charge in [-0.05, 0) is 41.5 Å². The predicted octanol–water partition coefficient (Wildman–Crippen LogP) is 4.07. The van der Waals surface area contributed by atoms with Gasteiger partial charge in [-0.2, -0.15) is 15.5 Å². The lowest BCUT2D eigenvalue weighted by atomic mass is 9.88. The molecule has 0 aliphatic carbocycles. The molecule has 8 nitrogen and oxygen atoms in total. The van der Waals surface area contributed by atoms with Gasteiger partial charge in [0.15, 0.2) is 0 Å². The van der Waals surface area contributed by atoms with Crippen LogP contribution in [0.15, 0.2) is 83.9 Å². The first-order chi connectivity index (χ1) is 17.1. The fourth-order valence-corrected chi connectivity index (χ4v) is 3.76. The molecule has 2 atom stereocenters. The maximum absolute atomic E-state index is 13.3. The molecule has 1 heterocycles. The van der Waals surface area contributed by atoms with E-state index in [0.717, 1.165) is 0 Å². The molecule has 0 bridgehead atoms. The molecule has 172 valence electrons. The topological polar surface area (TPSA) is 125 Å². The van der Waals surface area contributed by atoms with Crippen LogP contribution < -0.4 is 10.1 Å². The van der Waals surface area contributed by atoms with Gasteiger partial charge in [0.2, 0.25) is 0 Å². The number of carbonyl (C=O) groups is 2. The molecule has 1 aliphatic rings. The van der Waals surface area contributed by atoms with Crippen LogP contribution in [-0.4, -0.2) is 24.3 Å². The van der Waals surface area contributed by atoms with Crippen LogP contribution in [0.1, 0.15) is 28.3 Å². The van der Waals surface area contributed by atoms with Gasteiger partial charge in [-0.25, -0.2) is 4.79 Å². The molecule has 1 aliphatic heterocycles. The van der Waals surface area contributed by atoms with E-state index in [4.69, 9.17) is 20.0 Å². The third-order valence-corrected chi connectivity index (χ3v) is 5.42. The van der Waals surface area contributed by atoms with Crippen LogP contribution in [0.4, 0.5) is 4.79 Å². The summed E-state index contributed by atoms with van der Waals surface area (Å²) in [6.07, 6.45) is 0. The molecular weight excluding hydrogens is 444 g/mol. The van der Waals surface area contributed by atoms with Crippen LogP contribution in [0.25, 0.3) is 0 Å². The Morgan fingerprint density at radius 3 is 2.37 bits per heavy atom. The Morgan fingerprint density at radius 1 is 0.914 bits per heavy atom. The first kappa shape index (κ1) is 23.2. The van der Waals surface area contributed by atoms with Gasteiger partial charge in [-0.1, -0.05) is 48.5 Å². The Morgan fingerprint density at radius 2 is 1.63 bits per heavy atom. The molecule has 1 N–H and O–H groups in total. The summed E-state index contributed by atoms with van der Waals surface area (Å²) in [5.41, 5.74) is 2.47. The largest absolute Gasteiger partial charge is 0.488 e. The molecule has 0 spiro atoms. The number of benzene rings is 3. The van der Waals surface area contributed by atoms with Crippen molar-refractivity contribution in [2.75, 3.05) is 6.61 Å². The zero-order valence-corrected chi connectivity index (χ0v) is 18.5. The number of ether oxygens (including phenoxy) is 2. The molecule has 0 saturated carbocycles. The summed E-state index contributed by atoms with van der Waals surface area (Å²) < 4.78 is 11.4. The normalized spacial score (nSPS) is 16.7. The molecule has 2 unspecified atom stereocenters. The molecule has 4 rings (SSSR count). The fourth-order valence-electron chi connectivity index (χ4n) is 3.76. The minimum Gasteiger partial charge on any atom is -0.488 e. The van der Waals surface area contributed by atoms with E-state index in [2.05, 4.69) is 16.4 Å². The number of aliphatic imine (C=N–C) groups is 1. The highest BCUT2D eigenvalue weighted by Crippen LogP contribution is 2.29. The molecule has 3 aromatic rings. The van der Waals surface area contributed by atoms with Crippen molar-refractivity contribution in [1.82, 2.24) is 5.32 Å². The summed E-state index contributed by atoms with van der Waals surface area (Å²) in [6.45, 7) is -0.187. The van der Waals surface area contributed by atoms with E-state index in [0.29, 0.717) is 28.0 Å². The maximum atomic E-state index is 13.3. The molecule has 0 aromatic heterocycles. The number of hydrogen-bond donors (Lipinski definition) is 1. The van der Waals surface area contributed by atoms with Crippen LogP contribution in [0.5, 0.6) is 5.75 Å². The third kappa shape index (κ3) is 5.70. The van der Waals surface area contributed by atoms with Crippen molar-refractivity contribution < 1.29 is 19.1 Å². The van der Waals surface area contributed by atoms with Gasteiger partial charge < -0.3 is 14.8 Å². The molecule has 3 aromatic carbocycles. The fraction of sp³-hybridized carbons (Fsp3) is 0.148. The highest BCUT2D eigenvalue weighted by molar-refractivity contribution is 6.10. The summed E-state index contributed by atoms with van der Waals surface area (Å²) in [5, 5.41) is 21.0. The first-order valence-electron chi connectivity index (χ1n) is 10.8. The molecular formula is C27H20N4O4.